The molecule has 2 aromatic rings. The number of amides is 1. The summed E-state index contributed by atoms with van der Waals surface area (Å²) in [7, 11) is 0. The number of allylic oxidation sites excluding steroid dienone is 1. The first-order valence-electron chi connectivity index (χ1n) is 7.42. The van der Waals surface area contributed by atoms with Crippen LogP contribution in [-0.2, 0) is 11.3 Å². The van der Waals surface area contributed by atoms with E-state index in [1.54, 1.807) is 12.2 Å². The highest BCUT2D eigenvalue weighted by Crippen LogP contribution is 2.27. The van der Waals surface area contributed by atoms with Crippen LogP contribution in [0.2, 0.25) is 5.02 Å². The Bertz CT molecular complexity index is 727. The van der Waals surface area contributed by atoms with Crippen molar-refractivity contribution in [2.45, 2.75) is 23.9 Å². The van der Waals surface area contributed by atoms with E-state index in [4.69, 9.17) is 11.6 Å². The molecule has 1 heterocycles. The van der Waals surface area contributed by atoms with Crippen molar-refractivity contribution in [1.29, 1.82) is 0 Å². The maximum absolute atomic E-state index is 12.0. The quantitative estimate of drug-likeness (QED) is 0.576. The Morgan fingerprint density at radius 1 is 1.33 bits per heavy atom. The van der Waals surface area contributed by atoms with Crippen LogP contribution in [0.5, 0.6) is 0 Å². The van der Waals surface area contributed by atoms with E-state index in [-0.39, 0.29) is 11.2 Å². The molecule has 1 aromatic carbocycles. The van der Waals surface area contributed by atoms with Crippen molar-refractivity contribution in [3.05, 3.63) is 54.6 Å². The zero-order chi connectivity index (χ0) is 17.5. The molecule has 24 heavy (non-hydrogen) atoms. The highest BCUT2D eigenvalue weighted by Gasteiger charge is 2.20. The SMILES string of the molecule is C=CCNC(=O)[C@H](C)Sc1nnc(-c2ccc(Cl)cc2)n1CC=C. The van der Waals surface area contributed by atoms with Crippen LogP contribution in [0.4, 0.5) is 0 Å². The molecule has 0 radical (unpaired) electrons. The number of hydrogen-bond donors (Lipinski definition) is 1. The second-order valence-corrected chi connectivity index (χ2v) is 6.75. The Kier molecular flexibility index (Phi) is 6.63. The van der Waals surface area contributed by atoms with E-state index < -0.39 is 0 Å². The second kappa shape index (κ2) is 8.70. The minimum Gasteiger partial charge on any atom is -0.352 e. The molecule has 0 saturated heterocycles. The minimum atomic E-state index is -0.296. The van der Waals surface area contributed by atoms with Crippen molar-refractivity contribution in [1.82, 2.24) is 20.1 Å². The maximum Gasteiger partial charge on any atom is 0.233 e. The Hall–Kier alpha value is -2.05. The fourth-order valence-corrected chi connectivity index (χ4v) is 3.02. The van der Waals surface area contributed by atoms with Gasteiger partial charge in [-0.1, -0.05) is 35.5 Å². The second-order valence-electron chi connectivity index (χ2n) is 5.01. The van der Waals surface area contributed by atoms with Crippen LogP contribution >= 0.6 is 23.4 Å². The first kappa shape index (κ1) is 18.3. The first-order chi connectivity index (χ1) is 11.6. The number of benzene rings is 1. The molecular weight excluding hydrogens is 344 g/mol. The largest absolute Gasteiger partial charge is 0.352 e. The lowest BCUT2D eigenvalue weighted by Crippen LogP contribution is -2.31. The van der Waals surface area contributed by atoms with E-state index in [0.29, 0.717) is 29.1 Å². The average molecular weight is 363 g/mol. The van der Waals surface area contributed by atoms with Crippen LogP contribution in [-0.4, -0.2) is 32.5 Å². The molecule has 1 amide bonds. The van der Waals surface area contributed by atoms with Gasteiger partial charge in [0.25, 0.3) is 0 Å². The number of nitrogens with zero attached hydrogens (tertiary/aromatic N) is 3. The number of hydrogen-bond acceptors (Lipinski definition) is 4. The van der Waals surface area contributed by atoms with E-state index in [0.717, 1.165) is 5.56 Å². The van der Waals surface area contributed by atoms with Crippen molar-refractivity contribution in [3.8, 4) is 11.4 Å². The van der Waals surface area contributed by atoms with Crippen molar-refractivity contribution >= 4 is 29.3 Å². The Morgan fingerprint density at radius 3 is 2.67 bits per heavy atom. The van der Waals surface area contributed by atoms with Crippen LogP contribution in [0.15, 0.2) is 54.7 Å². The average Bonchev–Trinajstić information content (AvgIpc) is 2.96. The summed E-state index contributed by atoms with van der Waals surface area (Å²) in [5.74, 6) is 0.647. The summed E-state index contributed by atoms with van der Waals surface area (Å²) in [6.07, 6.45) is 3.42. The number of aromatic nitrogens is 3. The van der Waals surface area contributed by atoms with Crippen molar-refractivity contribution in [2.75, 3.05) is 6.54 Å². The maximum atomic E-state index is 12.0. The molecule has 1 N–H and O–H groups in total. The van der Waals surface area contributed by atoms with Gasteiger partial charge in [0.15, 0.2) is 11.0 Å². The molecule has 1 aromatic heterocycles. The van der Waals surface area contributed by atoms with Crippen LogP contribution in [0.25, 0.3) is 11.4 Å². The summed E-state index contributed by atoms with van der Waals surface area (Å²) in [5.41, 5.74) is 0.907. The lowest BCUT2D eigenvalue weighted by atomic mass is 10.2. The highest BCUT2D eigenvalue weighted by molar-refractivity contribution is 8.00. The number of rotatable bonds is 8. The summed E-state index contributed by atoms with van der Waals surface area (Å²) in [6.45, 7) is 10.2. The number of carbonyl (C=O) groups excluding carboxylic acids is 1. The van der Waals surface area contributed by atoms with E-state index in [9.17, 15) is 4.79 Å². The molecule has 0 bridgehead atoms. The van der Waals surface area contributed by atoms with E-state index in [2.05, 4.69) is 28.7 Å². The van der Waals surface area contributed by atoms with Gasteiger partial charge in [-0.25, -0.2) is 0 Å². The molecule has 0 fully saturated rings. The normalized spacial score (nSPS) is 11.8. The fraction of sp³-hybridized carbons (Fsp3) is 0.235. The predicted molar refractivity (Wildman–Crippen MR) is 99.2 cm³/mol. The van der Waals surface area contributed by atoms with Gasteiger partial charge in [-0.2, -0.15) is 0 Å². The van der Waals surface area contributed by atoms with Crippen molar-refractivity contribution in [2.24, 2.45) is 0 Å². The fourth-order valence-electron chi connectivity index (χ4n) is 2.01. The van der Waals surface area contributed by atoms with Gasteiger partial charge in [0.2, 0.25) is 5.91 Å². The van der Waals surface area contributed by atoms with E-state index >= 15 is 0 Å². The van der Waals surface area contributed by atoms with Gasteiger partial charge in [0.05, 0.1) is 5.25 Å². The number of nitrogens with one attached hydrogen (secondary N) is 1. The Morgan fingerprint density at radius 2 is 2.04 bits per heavy atom. The van der Waals surface area contributed by atoms with Crippen LogP contribution in [0, 0.1) is 0 Å². The topological polar surface area (TPSA) is 59.8 Å². The summed E-state index contributed by atoms with van der Waals surface area (Å²) < 4.78 is 1.93. The van der Waals surface area contributed by atoms with Crippen molar-refractivity contribution < 1.29 is 4.79 Å². The Labute approximate surface area is 150 Å². The molecule has 5 nitrogen and oxygen atoms in total. The minimum absolute atomic E-state index is 0.0684. The first-order valence-corrected chi connectivity index (χ1v) is 8.68. The lowest BCUT2D eigenvalue weighted by molar-refractivity contribution is -0.120. The van der Waals surface area contributed by atoms with E-state index in [1.807, 2.05) is 35.8 Å². The zero-order valence-electron chi connectivity index (χ0n) is 13.4. The third-order valence-electron chi connectivity index (χ3n) is 3.20. The number of carbonyl (C=O) groups is 1. The third kappa shape index (κ3) is 4.49. The van der Waals surface area contributed by atoms with Gasteiger partial charge in [0.1, 0.15) is 0 Å². The van der Waals surface area contributed by atoms with Gasteiger partial charge in [-0.3, -0.25) is 9.36 Å². The molecule has 0 aliphatic carbocycles. The molecule has 0 aliphatic heterocycles. The molecule has 7 heteroatoms. The molecule has 0 unspecified atom stereocenters. The monoisotopic (exact) mass is 362 g/mol. The summed E-state index contributed by atoms with van der Waals surface area (Å²) in [5, 5.41) is 12.3. The predicted octanol–water partition coefficient (Wildman–Crippen LogP) is 3.57. The summed E-state index contributed by atoms with van der Waals surface area (Å²) in [4.78, 5) is 12.0. The number of halogens is 1. The van der Waals surface area contributed by atoms with Crippen LogP contribution in [0.1, 0.15) is 6.92 Å². The smallest absolute Gasteiger partial charge is 0.233 e. The molecule has 0 saturated carbocycles. The van der Waals surface area contributed by atoms with Crippen LogP contribution in [0.3, 0.4) is 0 Å². The molecule has 0 aliphatic rings. The Balaban J connectivity index is 2.24. The van der Waals surface area contributed by atoms with Gasteiger partial charge in [-0.05, 0) is 31.2 Å². The van der Waals surface area contributed by atoms with Gasteiger partial charge in [0, 0.05) is 23.7 Å². The third-order valence-corrected chi connectivity index (χ3v) is 4.54. The number of thioether (sulfide) groups is 1. The van der Waals surface area contributed by atoms with Gasteiger partial charge < -0.3 is 5.32 Å². The highest BCUT2D eigenvalue weighted by atomic mass is 35.5. The lowest BCUT2D eigenvalue weighted by Gasteiger charge is -2.12. The molecule has 0 spiro atoms. The van der Waals surface area contributed by atoms with Gasteiger partial charge in [-0.15, -0.1) is 23.4 Å². The van der Waals surface area contributed by atoms with Crippen LogP contribution < -0.4 is 5.32 Å². The van der Waals surface area contributed by atoms with E-state index in [1.165, 1.54) is 11.8 Å². The summed E-state index contributed by atoms with van der Waals surface area (Å²) in [6, 6.07) is 7.39. The molecule has 126 valence electrons. The van der Waals surface area contributed by atoms with Gasteiger partial charge >= 0.3 is 0 Å². The molecular formula is C17H19ClN4OS. The van der Waals surface area contributed by atoms with Crippen molar-refractivity contribution in [3.63, 3.8) is 0 Å². The standard InChI is InChI=1S/C17H19ClN4OS/c1-4-10-19-16(23)12(3)24-17-21-20-15(22(17)11-5-2)13-6-8-14(18)9-7-13/h4-9,12H,1-2,10-11H2,3H3,(H,19,23)/t12-/m0/s1. The zero-order valence-corrected chi connectivity index (χ0v) is 15.0. The molecule has 1 atom stereocenters. The summed E-state index contributed by atoms with van der Waals surface area (Å²) >= 11 is 7.29. The molecule has 2 rings (SSSR count).